The Morgan fingerprint density at radius 2 is 1.91 bits per heavy atom. The highest BCUT2D eigenvalue weighted by atomic mass is 16.2. The number of amides is 2. The Morgan fingerprint density at radius 3 is 2.45 bits per heavy atom. The Morgan fingerprint density at radius 1 is 1.23 bits per heavy atom. The summed E-state index contributed by atoms with van der Waals surface area (Å²) in [7, 11) is 3.66. The van der Waals surface area contributed by atoms with Crippen LogP contribution < -0.4 is 20.9 Å². The summed E-state index contributed by atoms with van der Waals surface area (Å²) in [5.74, 6) is 0.439. The van der Waals surface area contributed by atoms with Crippen LogP contribution in [0.15, 0.2) is 18.2 Å². The van der Waals surface area contributed by atoms with Gasteiger partial charge < -0.3 is 20.9 Å². The minimum atomic E-state index is -0.174. The fourth-order valence-electron chi connectivity index (χ4n) is 2.88. The van der Waals surface area contributed by atoms with Crippen LogP contribution in [0, 0.1) is 0 Å². The zero-order chi connectivity index (χ0) is 16.1. The molecule has 5 nitrogen and oxygen atoms in total. The molecule has 122 valence electrons. The average molecular weight is 304 g/mol. The van der Waals surface area contributed by atoms with Crippen molar-refractivity contribution in [1.82, 2.24) is 10.6 Å². The molecule has 1 aliphatic rings. The molecular formula is C17H28N4O. The largest absolute Gasteiger partial charge is 0.370 e. The van der Waals surface area contributed by atoms with Gasteiger partial charge in [-0.1, -0.05) is 19.9 Å². The van der Waals surface area contributed by atoms with Gasteiger partial charge >= 0.3 is 6.03 Å². The van der Waals surface area contributed by atoms with Gasteiger partial charge in [-0.3, -0.25) is 0 Å². The summed E-state index contributed by atoms with van der Waals surface area (Å²) < 4.78 is 0. The highest BCUT2D eigenvalue weighted by molar-refractivity contribution is 5.93. The van der Waals surface area contributed by atoms with E-state index in [-0.39, 0.29) is 6.03 Å². The van der Waals surface area contributed by atoms with Crippen molar-refractivity contribution < 1.29 is 4.79 Å². The molecule has 1 heterocycles. The van der Waals surface area contributed by atoms with Gasteiger partial charge in [0.1, 0.15) is 0 Å². The zero-order valence-electron chi connectivity index (χ0n) is 14.1. The number of rotatable bonds is 4. The lowest BCUT2D eigenvalue weighted by molar-refractivity contribution is 0.254. The van der Waals surface area contributed by atoms with Crippen LogP contribution in [0.3, 0.4) is 0 Å². The molecule has 3 N–H and O–H groups in total. The first-order valence-electron chi connectivity index (χ1n) is 8.10. The van der Waals surface area contributed by atoms with Gasteiger partial charge in [-0.25, -0.2) is 4.79 Å². The molecule has 0 bridgehead atoms. The Balaban J connectivity index is 2.23. The van der Waals surface area contributed by atoms with Gasteiger partial charge in [-0.05, 0) is 43.5 Å². The Hall–Kier alpha value is -1.75. The van der Waals surface area contributed by atoms with E-state index >= 15 is 0 Å². The maximum atomic E-state index is 11.7. The van der Waals surface area contributed by atoms with Gasteiger partial charge in [-0.15, -0.1) is 0 Å². The molecule has 0 aromatic heterocycles. The van der Waals surface area contributed by atoms with Crippen LogP contribution in [0.4, 0.5) is 16.2 Å². The molecule has 22 heavy (non-hydrogen) atoms. The summed E-state index contributed by atoms with van der Waals surface area (Å²) in [4.78, 5) is 14.1. The second-order valence-electron chi connectivity index (χ2n) is 6.19. The van der Waals surface area contributed by atoms with E-state index in [9.17, 15) is 4.79 Å². The molecule has 1 aromatic rings. The fourth-order valence-corrected chi connectivity index (χ4v) is 2.88. The Labute approximate surface area is 133 Å². The molecule has 5 heteroatoms. The van der Waals surface area contributed by atoms with Crippen LogP contribution in [0.5, 0.6) is 0 Å². The SMILES string of the molecule is CNC(=O)Nc1cc(C(C)C)ccc1N1CCC(NC)CC1. The standard InChI is InChI=1S/C17H28N4O/c1-12(2)13-5-6-16(15(11-13)20-17(22)19-4)21-9-7-14(18-3)8-10-21/h5-6,11-12,14,18H,7-10H2,1-4H3,(H2,19,20,22). The van der Waals surface area contributed by atoms with Crippen LogP contribution >= 0.6 is 0 Å². The molecule has 0 atom stereocenters. The molecule has 1 saturated heterocycles. The number of urea groups is 1. The van der Waals surface area contributed by atoms with Gasteiger partial charge in [0.25, 0.3) is 0 Å². The van der Waals surface area contributed by atoms with Gasteiger partial charge in [-0.2, -0.15) is 0 Å². The van der Waals surface area contributed by atoms with Gasteiger partial charge in [0.15, 0.2) is 0 Å². The van der Waals surface area contributed by atoms with Crippen molar-refractivity contribution in [3.05, 3.63) is 23.8 Å². The van der Waals surface area contributed by atoms with E-state index in [1.807, 2.05) is 7.05 Å². The smallest absolute Gasteiger partial charge is 0.319 e. The van der Waals surface area contributed by atoms with E-state index in [0.29, 0.717) is 12.0 Å². The highest BCUT2D eigenvalue weighted by Gasteiger charge is 2.21. The van der Waals surface area contributed by atoms with Crippen molar-refractivity contribution in [2.75, 3.05) is 37.4 Å². The number of nitrogens with one attached hydrogen (secondary N) is 3. The zero-order valence-corrected chi connectivity index (χ0v) is 14.1. The number of nitrogens with zero attached hydrogens (tertiary/aromatic N) is 1. The third-order valence-corrected chi connectivity index (χ3v) is 4.41. The molecule has 0 spiro atoms. The normalized spacial score (nSPS) is 16.0. The van der Waals surface area contributed by atoms with Gasteiger partial charge in [0, 0.05) is 26.2 Å². The first kappa shape index (κ1) is 16.6. The number of hydrogen-bond donors (Lipinski definition) is 3. The van der Waals surface area contributed by atoms with Crippen LogP contribution in [-0.2, 0) is 0 Å². The van der Waals surface area contributed by atoms with Crippen molar-refractivity contribution in [3.8, 4) is 0 Å². The third kappa shape index (κ3) is 3.91. The average Bonchev–Trinajstić information content (AvgIpc) is 2.54. The Kier molecular flexibility index (Phi) is 5.66. The van der Waals surface area contributed by atoms with Crippen molar-refractivity contribution >= 4 is 17.4 Å². The quantitative estimate of drug-likeness (QED) is 0.801. The lowest BCUT2D eigenvalue weighted by Crippen LogP contribution is -2.41. The van der Waals surface area contributed by atoms with E-state index in [2.05, 4.69) is 52.9 Å². The first-order valence-corrected chi connectivity index (χ1v) is 8.10. The second kappa shape index (κ2) is 7.49. The van der Waals surface area contributed by atoms with Crippen molar-refractivity contribution in [3.63, 3.8) is 0 Å². The van der Waals surface area contributed by atoms with Crippen LogP contribution in [0.2, 0.25) is 0 Å². The third-order valence-electron chi connectivity index (χ3n) is 4.41. The topological polar surface area (TPSA) is 56.4 Å². The Bertz CT molecular complexity index is 507. The van der Waals surface area contributed by atoms with E-state index in [0.717, 1.165) is 37.3 Å². The molecule has 1 aromatic carbocycles. The van der Waals surface area contributed by atoms with Gasteiger partial charge in [0.2, 0.25) is 0 Å². The molecule has 1 aliphatic heterocycles. The number of hydrogen-bond acceptors (Lipinski definition) is 3. The molecule has 0 unspecified atom stereocenters. The van der Waals surface area contributed by atoms with E-state index < -0.39 is 0 Å². The minimum absolute atomic E-state index is 0.174. The molecule has 0 saturated carbocycles. The second-order valence-corrected chi connectivity index (χ2v) is 6.19. The monoisotopic (exact) mass is 304 g/mol. The summed E-state index contributed by atoms with van der Waals surface area (Å²) in [5, 5.41) is 8.95. The lowest BCUT2D eigenvalue weighted by Gasteiger charge is -2.34. The number of anilines is 2. The summed E-state index contributed by atoms with van der Waals surface area (Å²) in [6, 6.07) is 6.83. The maximum Gasteiger partial charge on any atom is 0.319 e. The molecule has 0 aliphatic carbocycles. The summed E-state index contributed by atoms with van der Waals surface area (Å²) in [5.41, 5.74) is 3.25. The summed E-state index contributed by atoms with van der Waals surface area (Å²) in [6.07, 6.45) is 2.25. The minimum Gasteiger partial charge on any atom is -0.370 e. The number of carbonyl (C=O) groups excluding carboxylic acids is 1. The number of piperidine rings is 1. The van der Waals surface area contributed by atoms with E-state index in [1.165, 1.54) is 5.56 Å². The summed E-state index contributed by atoms with van der Waals surface area (Å²) in [6.45, 7) is 6.35. The molecule has 2 amide bonds. The number of carbonyl (C=O) groups is 1. The molecule has 1 fully saturated rings. The molecule has 0 radical (unpaired) electrons. The van der Waals surface area contributed by atoms with Crippen LogP contribution in [-0.4, -0.2) is 39.3 Å². The van der Waals surface area contributed by atoms with Crippen molar-refractivity contribution in [1.29, 1.82) is 0 Å². The maximum absolute atomic E-state index is 11.7. The number of benzene rings is 1. The molecular weight excluding hydrogens is 276 g/mol. The van der Waals surface area contributed by atoms with E-state index in [4.69, 9.17) is 0 Å². The van der Waals surface area contributed by atoms with Crippen molar-refractivity contribution in [2.24, 2.45) is 0 Å². The fraction of sp³-hybridized carbons (Fsp3) is 0.588. The predicted molar refractivity (Wildman–Crippen MR) is 92.9 cm³/mol. The van der Waals surface area contributed by atoms with Crippen LogP contribution in [0.1, 0.15) is 38.2 Å². The van der Waals surface area contributed by atoms with Crippen molar-refractivity contribution in [2.45, 2.75) is 38.6 Å². The van der Waals surface area contributed by atoms with Gasteiger partial charge in [0.05, 0.1) is 11.4 Å². The van der Waals surface area contributed by atoms with Crippen LogP contribution in [0.25, 0.3) is 0 Å². The predicted octanol–water partition coefficient (Wildman–Crippen LogP) is 2.75. The summed E-state index contributed by atoms with van der Waals surface area (Å²) >= 11 is 0. The van der Waals surface area contributed by atoms with E-state index in [1.54, 1.807) is 7.05 Å². The highest BCUT2D eigenvalue weighted by Crippen LogP contribution is 2.31. The lowest BCUT2D eigenvalue weighted by atomic mass is 10.00. The first-order chi connectivity index (χ1) is 10.5. The molecule has 2 rings (SSSR count).